The molecule has 0 saturated heterocycles. The second-order valence-electron chi connectivity index (χ2n) is 5.71. The number of aromatic nitrogens is 2. The molecule has 0 unspecified atom stereocenters. The van der Waals surface area contributed by atoms with E-state index in [0.29, 0.717) is 10.8 Å². The zero-order valence-corrected chi connectivity index (χ0v) is 17.0. The standard InChI is InChI=1S/C19H15N3O2S3/c1-11-5-6-15(24-2)12(8-11)13-9-27-19(21-13)22-17(23)14-10-26-18(20-14)16-4-3-7-25-16/h3-10H,1-2H3,(H,21,22,23). The van der Waals surface area contributed by atoms with Gasteiger partial charge >= 0.3 is 0 Å². The zero-order chi connectivity index (χ0) is 18.8. The SMILES string of the molecule is COc1ccc(C)cc1-c1csc(NC(=O)c2csc(-c3cccs3)n2)n1. The van der Waals surface area contributed by atoms with Gasteiger partial charge in [0.25, 0.3) is 5.91 Å². The third kappa shape index (κ3) is 3.78. The molecule has 0 fully saturated rings. The molecule has 0 atom stereocenters. The van der Waals surface area contributed by atoms with Crippen LogP contribution in [0.25, 0.3) is 21.1 Å². The van der Waals surface area contributed by atoms with Crippen molar-refractivity contribution in [1.29, 1.82) is 0 Å². The van der Waals surface area contributed by atoms with Gasteiger partial charge in [-0.2, -0.15) is 0 Å². The molecule has 0 saturated carbocycles. The number of thiazole rings is 2. The second-order valence-corrected chi connectivity index (χ2v) is 8.37. The van der Waals surface area contributed by atoms with Crippen molar-refractivity contribution in [3.63, 3.8) is 0 Å². The van der Waals surface area contributed by atoms with Crippen molar-refractivity contribution in [1.82, 2.24) is 9.97 Å². The maximum atomic E-state index is 12.5. The molecule has 0 radical (unpaired) electrons. The number of anilines is 1. The molecule has 0 bridgehead atoms. The molecule has 27 heavy (non-hydrogen) atoms. The summed E-state index contributed by atoms with van der Waals surface area (Å²) in [6.07, 6.45) is 0. The topological polar surface area (TPSA) is 64.1 Å². The predicted octanol–water partition coefficient (Wildman–Crippen LogP) is 5.56. The van der Waals surface area contributed by atoms with Crippen molar-refractivity contribution in [3.05, 3.63) is 57.7 Å². The van der Waals surface area contributed by atoms with Crippen LogP contribution in [0.3, 0.4) is 0 Å². The van der Waals surface area contributed by atoms with Crippen molar-refractivity contribution in [2.24, 2.45) is 0 Å². The summed E-state index contributed by atoms with van der Waals surface area (Å²) in [6, 6.07) is 9.90. The molecule has 1 N–H and O–H groups in total. The van der Waals surface area contributed by atoms with Gasteiger partial charge in [0.1, 0.15) is 16.5 Å². The van der Waals surface area contributed by atoms with Crippen LogP contribution in [0.5, 0.6) is 5.75 Å². The van der Waals surface area contributed by atoms with E-state index in [1.165, 1.54) is 22.7 Å². The summed E-state index contributed by atoms with van der Waals surface area (Å²) in [7, 11) is 1.64. The first kappa shape index (κ1) is 17.8. The first-order valence-corrected chi connectivity index (χ1v) is 10.7. The molecular weight excluding hydrogens is 398 g/mol. The first-order valence-electron chi connectivity index (χ1n) is 8.05. The number of hydrogen-bond donors (Lipinski definition) is 1. The van der Waals surface area contributed by atoms with Gasteiger partial charge in [-0.3, -0.25) is 10.1 Å². The maximum absolute atomic E-state index is 12.5. The number of nitrogens with one attached hydrogen (secondary N) is 1. The number of methoxy groups -OCH3 is 1. The number of thiophene rings is 1. The molecule has 8 heteroatoms. The molecule has 1 aromatic carbocycles. The molecule has 0 aliphatic heterocycles. The fraction of sp³-hybridized carbons (Fsp3) is 0.105. The highest BCUT2D eigenvalue weighted by Crippen LogP contribution is 2.33. The monoisotopic (exact) mass is 413 g/mol. The number of nitrogens with zero attached hydrogens (tertiary/aromatic N) is 2. The molecule has 0 aliphatic carbocycles. The summed E-state index contributed by atoms with van der Waals surface area (Å²) in [5.41, 5.74) is 3.19. The number of benzene rings is 1. The number of rotatable bonds is 5. The Morgan fingerprint density at radius 1 is 1.11 bits per heavy atom. The van der Waals surface area contributed by atoms with Gasteiger partial charge < -0.3 is 4.74 Å². The van der Waals surface area contributed by atoms with Crippen molar-refractivity contribution in [2.45, 2.75) is 6.92 Å². The fourth-order valence-corrected chi connectivity index (χ4v) is 4.85. The van der Waals surface area contributed by atoms with E-state index in [4.69, 9.17) is 4.74 Å². The molecule has 3 aromatic heterocycles. The molecule has 0 spiro atoms. The van der Waals surface area contributed by atoms with Crippen molar-refractivity contribution in [3.8, 4) is 26.9 Å². The Balaban J connectivity index is 1.53. The Morgan fingerprint density at radius 3 is 2.78 bits per heavy atom. The van der Waals surface area contributed by atoms with E-state index in [2.05, 4.69) is 15.3 Å². The van der Waals surface area contributed by atoms with Crippen molar-refractivity contribution in [2.75, 3.05) is 12.4 Å². The number of ether oxygens (including phenoxy) is 1. The molecule has 4 rings (SSSR count). The van der Waals surface area contributed by atoms with Crippen LogP contribution < -0.4 is 10.1 Å². The number of amides is 1. The van der Waals surface area contributed by atoms with E-state index in [9.17, 15) is 4.79 Å². The Hall–Kier alpha value is -2.55. The molecular formula is C19H15N3O2S3. The lowest BCUT2D eigenvalue weighted by molar-refractivity contribution is 0.102. The minimum absolute atomic E-state index is 0.258. The fourth-order valence-electron chi connectivity index (χ4n) is 2.53. The minimum atomic E-state index is -0.258. The summed E-state index contributed by atoms with van der Waals surface area (Å²) >= 11 is 4.44. The van der Waals surface area contributed by atoms with E-state index in [1.54, 1.807) is 23.8 Å². The van der Waals surface area contributed by atoms with E-state index in [0.717, 1.165) is 32.5 Å². The van der Waals surface area contributed by atoms with Crippen LogP contribution >= 0.6 is 34.0 Å². The lowest BCUT2D eigenvalue weighted by Gasteiger charge is -2.07. The van der Waals surface area contributed by atoms with E-state index >= 15 is 0 Å². The molecule has 4 aromatic rings. The Morgan fingerprint density at radius 2 is 2.00 bits per heavy atom. The van der Waals surface area contributed by atoms with Crippen molar-refractivity contribution < 1.29 is 9.53 Å². The molecule has 1 amide bonds. The third-order valence-electron chi connectivity index (χ3n) is 3.82. The zero-order valence-electron chi connectivity index (χ0n) is 14.6. The lowest BCUT2D eigenvalue weighted by atomic mass is 10.1. The van der Waals surface area contributed by atoms with Gasteiger partial charge in [-0.25, -0.2) is 9.97 Å². The van der Waals surface area contributed by atoms with Crippen LogP contribution in [0, 0.1) is 6.92 Å². The lowest BCUT2D eigenvalue weighted by Crippen LogP contribution is -2.12. The maximum Gasteiger partial charge on any atom is 0.276 e. The van der Waals surface area contributed by atoms with Crippen LogP contribution in [-0.2, 0) is 0 Å². The molecule has 136 valence electrons. The smallest absolute Gasteiger partial charge is 0.276 e. The van der Waals surface area contributed by atoms with Crippen LogP contribution in [0.15, 0.2) is 46.5 Å². The highest BCUT2D eigenvalue weighted by Gasteiger charge is 2.16. The first-order chi connectivity index (χ1) is 13.1. The van der Waals surface area contributed by atoms with Gasteiger partial charge in [-0.05, 0) is 30.5 Å². The Bertz CT molecular complexity index is 1080. The predicted molar refractivity (Wildman–Crippen MR) is 112 cm³/mol. The molecule has 5 nitrogen and oxygen atoms in total. The average molecular weight is 414 g/mol. The summed E-state index contributed by atoms with van der Waals surface area (Å²) in [6.45, 7) is 2.02. The van der Waals surface area contributed by atoms with Gasteiger partial charge in [-0.1, -0.05) is 17.7 Å². The van der Waals surface area contributed by atoms with E-state index in [1.807, 2.05) is 48.0 Å². The van der Waals surface area contributed by atoms with Crippen LogP contribution in [0.1, 0.15) is 16.1 Å². The normalized spacial score (nSPS) is 10.7. The largest absolute Gasteiger partial charge is 0.496 e. The van der Waals surface area contributed by atoms with Crippen molar-refractivity contribution >= 4 is 45.0 Å². The molecule has 0 aliphatic rings. The third-order valence-corrected chi connectivity index (χ3v) is 6.46. The summed E-state index contributed by atoms with van der Waals surface area (Å²) in [5, 5.41) is 9.88. The number of carbonyl (C=O) groups is 1. The highest BCUT2D eigenvalue weighted by atomic mass is 32.1. The van der Waals surface area contributed by atoms with Gasteiger partial charge in [-0.15, -0.1) is 34.0 Å². The van der Waals surface area contributed by atoms with E-state index in [-0.39, 0.29) is 5.91 Å². The van der Waals surface area contributed by atoms with E-state index < -0.39 is 0 Å². The van der Waals surface area contributed by atoms with Gasteiger partial charge in [0.2, 0.25) is 0 Å². The summed E-state index contributed by atoms with van der Waals surface area (Å²) in [4.78, 5) is 22.5. The number of aryl methyl sites for hydroxylation is 1. The molecule has 3 heterocycles. The summed E-state index contributed by atoms with van der Waals surface area (Å²) < 4.78 is 5.42. The second kappa shape index (κ2) is 7.59. The average Bonchev–Trinajstić information content (AvgIpc) is 3.42. The summed E-state index contributed by atoms with van der Waals surface area (Å²) in [5.74, 6) is 0.495. The number of carbonyl (C=O) groups excluding carboxylic acids is 1. The minimum Gasteiger partial charge on any atom is -0.496 e. The quantitative estimate of drug-likeness (QED) is 0.465. The van der Waals surface area contributed by atoms with Gasteiger partial charge in [0.05, 0.1) is 17.7 Å². The Kier molecular flexibility index (Phi) is 5.02. The van der Waals surface area contributed by atoms with Gasteiger partial charge in [0.15, 0.2) is 5.13 Å². The van der Waals surface area contributed by atoms with Crippen LogP contribution in [0.4, 0.5) is 5.13 Å². The Labute approximate surface area is 168 Å². The van der Waals surface area contributed by atoms with Crippen LogP contribution in [-0.4, -0.2) is 23.0 Å². The van der Waals surface area contributed by atoms with Gasteiger partial charge in [0, 0.05) is 16.3 Å². The number of hydrogen-bond acceptors (Lipinski definition) is 7. The highest BCUT2D eigenvalue weighted by molar-refractivity contribution is 7.20. The van der Waals surface area contributed by atoms with Crippen LogP contribution in [0.2, 0.25) is 0 Å².